The maximum atomic E-state index is 12.5. The molecule has 0 saturated carbocycles. The van der Waals surface area contributed by atoms with Gasteiger partial charge in [-0.2, -0.15) is 5.10 Å². The lowest BCUT2D eigenvalue weighted by Crippen LogP contribution is -2.43. The van der Waals surface area contributed by atoms with Crippen molar-refractivity contribution in [2.24, 2.45) is 0 Å². The summed E-state index contributed by atoms with van der Waals surface area (Å²) in [5.41, 5.74) is 1.07. The van der Waals surface area contributed by atoms with Crippen LogP contribution in [0.15, 0.2) is 12.4 Å². The Morgan fingerprint density at radius 1 is 1.43 bits per heavy atom. The van der Waals surface area contributed by atoms with Crippen molar-refractivity contribution in [3.63, 3.8) is 0 Å². The second kappa shape index (κ2) is 7.56. The Kier molecular flexibility index (Phi) is 5.76. The number of hydrogen-bond acceptors (Lipinski definition) is 4. The van der Waals surface area contributed by atoms with Crippen molar-refractivity contribution in [3.05, 3.63) is 18.0 Å². The minimum Gasteiger partial charge on any atom is -0.382 e. The van der Waals surface area contributed by atoms with Crippen molar-refractivity contribution in [2.45, 2.75) is 38.8 Å². The first-order chi connectivity index (χ1) is 10.1. The highest BCUT2D eigenvalue weighted by Crippen LogP contribution is 2.18. The van der Waals surface area contributed by atoms with Crippen LogP contribution in [0.4, 0.5) is 0 Å². The molecule has 0 aliphatic carbocycles. The second-order valence-corrected chi connectivity index (χ2v) is 5.56. The zero-order valence-corrected chi connectivity index (χ0v) is 13.1. The van der Waals surface area contributed by atoms with Gasteiger partial charge in [-0.15, -0.1) is 0 Å². The Labute approximate surface area is 126 Å². The van der Waals surface area contributed by atoms with Gasteiger partial charge in [0.15, 0.2) is 0 Å². The number of aromatic nitrogens is 2. The van der Waals surface area contributed by atoms with Gasteiger partial charge in [0, 0.05) is 26.4 Å². The van der Waals surface area contributed by atoms with E-state index in [1.165, 1.54) is 0 Å². The molecule has 0 bridgehead atoms. The predicted molar refractivity (Wildman–Crippen MR) is 79.1 cm³/mol. The molecule has 1 fully saturated rings. The largest absolute Gasteiger partial charge is 0.382 e. The average Bonchev–Trinajstić information content (AvgIpc) is 2.93. The predicted octanol–water partition coefficient (Wildman–Crippen LogP) is 1.41. The molecule has 1 aliphatic heterocycles. The van der Waals surface area contributed by atoms with Gasteiger partial charge >= 0.3 is 0 Å². The van der Waals surface area contributed by atoms with E-state index in [1.807, 2.05) is 24.9 Å². The Balaban J connectivity index is 1.80. The summed E-state index contributed by atoms with van der Waals surface area (Å²) in [5.74, 6) is 0.133. The van der Waals surface area contributed by atoms with Crippen molar-refractivity contribution >= 4 is 5.91 Å². The molecule has 0 aromatic carbocycles. The van der Waals surface area contributed by atoms with Crippen LogP contribution in [-0.2, 0) is 14.3 Å². The molecular formula is C15H25N3O3. The molecule has 21 heavy (non-hydrogen) atoms. The van der Waals surface area contributed by atoms with Gasteiger partial charge in [0.25, 0.3) is 0 Å². The molecule has 1 aromatic rings. The number of piperidine rings is 1. The SMILES string of the molecule is COCCOC1CCN(C(=O)[C@H](C)n2cc(C)cn2)CC1. The molecule has 118 valence electrons. The van der Waals surface area contributed by atoms with E-state index < -0.39 is 0 Å². The standard InChI is InChI=1S/C15H25N3O3/c1-12-10-16-18(11-12)13(2)15(19)17-6-4-14(5-7-17)21-9-8-20-3/h10-11,13-14H,4-9H2,1-3H3/t13-/m0/s1. The van der Waals surface area contributed by atoms with E-state index >= 15 is 0 Å². The number of amides is 1. The van der Waals surface area contributed by atoms with E-state index in [2.05, 4.69) is 5.10 Å². The number of methoxy groups -OCH3 is 1. The van der Waals surface area contributed by atoms with Crippen molar-refractivity contribution in [1.29, 1.82) is 0 Å². The van der Waals surface area contributed by atoms with Gasteiger partial charge < -0.3 is 14.4 Å². The first kappa shape index (κ1) is 16.0. The van der Waals surface area contributed by atoms with E-state index in [4.69, 9.17) is 9.47 Å². The summed E-state index contributed by atoms with van der Waals surface area (Å²) in [4.78, 5) is 14.4. The number of carbonyl (C=O) groups is 1. The monoisotopic (exact) mass is 295 g/mol. The lowest BCUT2D eigenvalue weighted by Gasteiger charge is -2.33. The van der Waals surface area contributed by atoms with Gasteiger partial charge in [0.05, 0.1) is 25.5 Å². The highest BCUT2D eigenvalue weighted by Gasteiger charge is 2.27. The molecule has 2 heterocycles. The third-order valence-electron chi connectivity index (χ3n) is 3.88. The first-order valence-corrected chi connectivity index (χ1v) is 7.52. The molecular weight excluding hydrogens is 270 g/mol. The number of ether oxygens (including phenoxy) is 2. The zero-order valence-electron chi connectivity index (χ0n) is 13.1. The van der Waals surface area contributed by atoms with Crippen LogP contribution in [0.5, 0.6) is 0 Å². The van der Waals surface area contributed by atoms with Crippen molar-refractivity contribution in [3.8, 4) is 0 Å². The molecule has 0 radical (unpaired) electrons. The zero-order chi connectivity index (χ0) is 15.2. The lowest BCUT2D eigenvalue weighted by atomic mass is 10.1. The lowest BCUT2D eigenvalue weighted by molar-refractivity contribution is -0.137. The molecule has 1 atom stereocenters. The Morgan fingerprint density at radius 2 is 2.14 bits per heavy atom. The number of carbonyl (C=O) groups excluding carboxylic acids is 1. The Hall–Kier alpha value is -1.40. The molecule has 0 spiro atoms. The van der Waals surface area contributed by atoms with E-state index in [9.17, 15) is 4.79 Å². The van der Waals surface area contributed by atoms with E-state index in [0.717, 1.165) is 31.5 Å². The highest BCUT2D eigenvalue weighted by atomic mass is 16.5. The fraction of sp³-hybridized carbons (Fsp3) is 0.733. The van der Waals surface area contributed by atoms with Gasteiger partial charge in [0.2, 0.25) is 5.91 Å². The van der Waals surface area contributed by atoms with Crippen molar-refractivity contribution in [1.82, 2.24) is 14.7 Å². The summed E-state index contributed by atoms with van der Waals surface area (Å²) in [6, 6.07) is -0.246. The smallest absolute Gasteiger partial charge is 0.247 e. The molecule has 1 saturated heterocycles. The van der Waals surface area contributed by atoms with Gasteiger partial charge in [-0.3, -0.25) is 9.48 Å². The van der Waals surface area contributed by atoms with Gasteiger partial charge in [0.1, 0.15) is 6.04 Å². The molecule has 2 rings (SSSR count). The quantitative estimate of drug-likeness (QED) is 0.745. The summed E-state index contributed by atoms with van der Waals surface area (Å²) in [7, 11) is 1.67. The minimum absolute atomic E-state index is 0.133. The van der Waals surface area contributed by atoms with Crippen LogP contribution in [0.2, 0.25) is 0 Å². The maximum absolute atomic E-state index is 12.5. The summed E-state index contributed by atoms with van der Waals surface area (Å²) in [6.45, 7) is 6.62. The third kappa shape index (κ3) is 4.28. The molecule has 1 aromatic heterocycles. The number of rotatable bonds is 6. The van der Waals surface area contributed by atoms with Gasteiger partial charge in [-0.25, -0.2) is 0 Å². The summed E-state index contributed by atoms with van der Waals surface area (Å²) in [6.07, 6.45) is 5.70. The third-order valence-corrected chi connectivity index (χ3v) is 3.88. The maximum Gasteiger partial charge on any atom is 0.247 e. The molecule has 1 aliphatic rings. The van der Waals surface area contributed by atoms with Gasteiger partial charge in [-0.05, 0) is 32.3 Å². The number of nitrogens with zero attached hydrogens (tertiary/aromatic N) is 3. The number of aryl methyl sites for hydroxylation is 1. The van der Waals surface area contributed by atoms with Crippen LogP contribution in [0, 0.1) is 6.92 Å². The second-order valence-electron chi connectivity index (χ2n) is 5.56. The summed E-state index contributed by atoms with van der Waals surface area (Å²) < 4.78 is 12.4. The van der Waals surface area contributed by atoms with E-state index in [-0.39, 0.29) is 18.1 Å². The van der Waals surface area contributed by atoms with Crippen LogP contribution in [0.25, 0.3) is 0 Å². The fourth-order valence-electron chi connectivity index (χ4n) is 2.56. The molecule has 6 nitrogen and oxygen atoms in total. The van der Waals surface area contributed by atoms with Gasteiger partial charge in [-0.1, -0.05) is 0 Å². The van der Waals surface area contributed by atoms with Crippen molar-refractivity contribution < 1.29 is 14.3 Å². The Morgan fingerprint density at radius 3 is 2.71 bits per heavy atom. The van der Waals surface area contributed by atoms with Crippen LogP contribution in [0.3, 0.4) is 0 Å². The number of likely N-dealkylation sites (tertiary alicyclic amines) is 1. The minimum atomic E-state index is -0.246. The topological polar surface area (TPSA) is 56.6 Å². The summed E-state index contributed by atoms with van der Waals surface area (Å²) in [5, 5.41) is 4.23. The van der Waals surface area contributed by atoms with E-state index in [0.29, 0.717) is 13.2 Å². The number of hydrogen-bond donors (Lipinski definition) is 0. The van der Waals surface area contributed by atoms with Crippen molar-refractivity contribution in [2.75, 3.05) is 33.4 Å². The van der Waals surface area contributed by atoms with E-state index in [1.54, 1.807) is 18.0 Å². The van der Waals surface area contributed by atoms with Crippen LogP contribution in [-0.4, -0.2) is 60.1 Å². The highest BCUT2D eigenvalue weighted by molar-refractivity contribution is 5.80. The normalized spacial score (nSPS) is 18.0. The molecule has 1 amide bonds. The van der Waals surface area contributed by atoms with Crippen LogP contribution < -0.4 is 0 Å². The molecule has 0 unspecified atom stereocenters. The van der Waals surface area contributed by atoms with Crippen LogP contribution in [0.1, 0.15) is 31.4 Å². The summed E-state index contributed by atoms with van der Waals surface area (Å²) >= 11 is 0. The Bertz CT molecular complexity index is 453. The van der Waals surface area contributed by atoms with Crippen LogP contribution >= 0.6 is 0 Å². The molecule has 6 heteroatoms. The molecule has 0 N–H and O–H groups in total. The fourth-order valence-corrected chi connectivity index (χ4v) is 2.56. The first-order valence-electron chi connectivity index (χ1n) is 7.52. The average molecular weight is 295 g/mol.